The summed E-state index contributed by atoms with van der Waals surface area (Å²) >= 11 is 5.50. The molecule has 0 atom stereocenters. The summed E-state index contributed by atoms with van der Waals surface area (Å²) in [4.78, 5) is 1.98. The lowest BCUT2D eigenvalue weighted by molar-refractivity contribution is 0.395. The quantitative estimate of drug-likeness (QED) is 0.810. The van der Waals surface area contributed by atoms with Crippen LogP contribution in [0.25, 0.3) is 0 Å². The van der Waals surface area contributed by atoms with Gasteiger partial charge < -0.3 is 19.7 Å². The summed E-state index contributed by atoms with van der Waals surface area (Å²) in [5, 5.41) is 8.31. The topological polar surface area (TPSA) is 51.5 Å². The third-order valence-electron chi connectivity index (χ3n) is 3.73. The maximum Gasteiger partial charge on any atom is 0.173 e. The predicted molar refractivity (Wildman–Crippen MR) is 99.9 cm³/mol. The number of anilines is 1. The van der Waals surface area contributed by atoms with Crippen LogP contribution in [0.1, 0.15) is 18.2 Å². The molecule has 1 N–H and O–H groups in total. The van der Waals surface area contributed by atoms with Crippen LogP contribution in [0, 0.1) is 6.92 Å². The lowest BCUT2D eigenvalue weighted by atomic mass is 10.2. The Bertz CT molecular complexity index is 692. The van der Waals surface area contributed by atoms with Gasteiger partial charge in [-0.1, -0.05) is 0 Å². The Balaban J connectivity index is 2.07. The average molecular weight is 348 g/mol. The molecule has 0 amide bonds. The normalized spacial score (nSPS) is 10.4. The second-order valence-electron chi connectivity index (χ2n) is 5.48. The molecule has 2 aromatic rings. The average Bonchev–Trinajstić information content (AvgIpc) is 2.94. The Morgan fingerprint density at radius 1 is 1.25 bits per heavy atom. The van der Waals surface area contributed by atoms with Crippen molar-refractivity contribution in [1.82, 2.24) is 14.7 Å². The summed E-state index contributed by atoms with van der Waals surface area (Å²) in [5.74, 6) is 1.42. The zero-order valence-corrected chi connectivity index (χ0v) is 15.6. The number of aromatic nitrogens is 2. The Hall–Kier alpha value is -2.28. The highest BCUT2D eigenvalue weighted by Crippen LogP contribution is 2.26. The highest BCUT2D eigenvalue weighted by molar-refractivity contribution is 7.80. The Kier molecular flexibility index (Phi) is 6.03. The second kappa shape index (κ2) is 8.01. The van der Waals surface area contributed by atoms with E-state index in [2.05, 4.69) is 23.5 Å². The van der Waals surface area contributed by atoms with Crippen LogP contribution in [-0.2, 0) is 13.1 Å². The molecule has 0 fully saturated rings. The zero-order valence-electron chi connectivity index (χ0n) is 14.8. The minimum Gasteiger partial charge on any atom is -0.497 e. The van der Waals surface area contributed by atoms with Crippen molar-refractivity contribution in [3.8, 4) is 11.5 Å². The first kappa shape index (κ1) is 18.1. The van der Waals surface area contributed by atoms with Gasteiger partial charge in [0.25, 0.3) is 0 Å². The van der Waals surface area contributed by atoms with Crippen LogP contribution in [0.2, 0.25) is 0 Å². The van der Waals surface area contributed by atoms with E-state index in [9.17, 15) is 0 Å². The summed E-state index contributed by atoms with van der Waals surface area (Å²) in [6, 6.07) is 5.58. The Labute approximate surface area is 148 Å². The Morgan fingerprint density at radius 3 is 2.38 bits per heavy atom. The zero-order chi connectivity index (χ0) is 17.7. The predicted octanol–water partition coefficient (Wildman–Crippen LogP) is 3.06. The first-order valence-corrected chi connectivity index (χ1v) is 8.15. The molecule has 0 saturated carbocycles. The van der Waals surface area contributed by atoms with Crippen molar-refractivity contribution in [3.63, 3.8) is 0 Å². The van der Waals surface area contributed by atoms with Crippen LogP contribution in [0.4, 0.5) is 5.69 Å². The fraction of sp³-hybridized carbons (Fsp3) is 0.412. The maximum absolute atomic E-state index is 5.50. The molecule has 1 heterocycles. The minimum atomic E-state index is 0.619. The molecular formula is C17H24N4O2S. The van der Waals surface area contributed by atoms with E-state index in [1.54, 1.807) is 14.2 Å². The summed E-state index contributed by atoms with van der Waals surface area (Å²) in [7, 11) is 5.20. The highest BCUT2D eigenvalue weighted by Gasteiger charge is 2.11. The molecule has 0 aliphatic carbocycles. The van der Waals surface area contributed by atoms with Crippen molar-refractivity contribution in [1.29, 1.82) is 0 Å². The van der Waals surface area contributed by atoms with Crippen molar-refractivity contribution in [3.05, 3.63) is 35.7 Å². The lowest BCUT2D eigenvalue weighted by Gasteiger charge is -2.21. The van der Waals surface area contributed by atoms with E-state index >= 15 is 0 Å². The lowest BCUT2D eigenvalue weighted by Crippen LogP contribution is -2.30. The summed E-state index contributed by atoms with van der Waals surface area (Å²) < 4.78 is 12.5. The van der Waals surface area contributed by atoms with E-state index in [0.29, 0.717) is 23.2 Å². The third kappa shape index (κ3) is 4.38. The maximum atomic E-state index is 5.50. The van der Waals surface area contributed by atoms with Gasteiger partial charge in [-0.3, -0.25) is 4.68 Å². The van der Waals surface area contributed by atoms with Crippen molar-refractivity contribution < 1.29 is 9.47 Å². The molecule has 7 heteroatoms. The van der Waals surface area contributed by atoms with Gasteiger partial charge in [0.1, 0.15) is 11.5 Å². The number of hydrogen-bond acceptors (Lipinski definition) is 4. The first-order valence-electron chi connectivity index (χ1n) is 7.75. The molecule has 0 aliphatic heterocycles. The monoisotopic (exact) mass is 348 g/mol. The van der Waals surface area contributed by atoms with Crippen LogP contribution in [0.5, 0.6) is 11.5 Å². The second-order valence-corrected chi connectivity index (χ2v) is 5.87. The van der Waals surface area contributed by atoms with Gasteiger partial charge >= 0.3 is 0 Å². The first-order chi connectivity index (χ1) is 11.5. The van der Waals surface area contributed by atoms with Gasteiger partial charge in [-0.25, -0.2) is 0 Å². The number of aryl methyl sites for hydroxylation is 2. The molecule has 0 spiro atoms. The number of nitrogens with zero attached hydrogens (tertiary/aromatic N) is 3. The van der Waals surface area contributed by atoms with E-state index in [1.165, 1.54) is 0 Å². The number of benzene rings is 1. The van der Waals surface area contributed by atoms with E-state index in [4.69, 9.17) is 21.7 Å². The minimum absolute atomic E-state index is 0.619. The molecule has 0 saturated heterocycles. The number of methoxy groups -OCH3 is 2. The van der Waals surface area contributed by atoms with Crippen molar-refractivity contribution in [2.45, 2.75) is 26.9 Å². The molecule has 0 aliphatic rings. The van der Waals surface area contributed by atoms with Crippen molar-refractivity contribution >= 4 is 23.0 Å². The van der Waals surface area contributed by atoms with Gasteiger partial charge in [0, 0.05) is 55.8 Å². The SMILES string of the molecule is CCn1cc(CN(C)C(=S)Nc2cc(OC)cc(OC)c2)c(C)n1. The summed E-state index contributed by atoms with van der Waals surface area (Å²) in [6.45, 7) is 5.64. The number of ether oxygens (including phenoxy) is 2. The Morgan fingerprint density at radius 2 is 1.88 bits per heavy atom. The van der Waals surface area contributed by atoms with Gasteiger partial charge in [0.2, 0.25) is 0 Å². The molecule has 1 aromatic carbocycles. The number of nitrogens with one attached hydrogen (secondary N) is 1. The van der Waals surface area contributed by atoms with Crippen LogP contribution >= 0.6 is 12.2 Å². The number of thiocarbonyl (C=S) groups is 1. The third-order valence-corrected chi connectivity index (χ3v) is 4.14. The molecule has 0 radical (unpaired) electrons. The summed E-state index contributed by atoms with van der Waals surface area (Å²) in [6.07, 6.45) is 2.06. The molecule has 6 nitrogen and oxygen atoms in total. The van der Waals surface area contributed by atoms with Gasteiger partial charge in [0.15, 0.2) is 5.11 Å². The van der Waals surface area contributed by atoms with E-state index in [1.807, 2.05) is 41.8 Å². The smallest absolute Gasteiger partial charge is 0.173 e. The van der Waals surface area contributed by atoms with E-state index in [0.717, 1.165) is 23.5 Å². The van der Waals surface area contributed by atoms with Crippen molar-refractivity contribution in [2.75, 3.05) is 26.6 Å². The standard InChI is InChI=1S/C17H24N4O2S/c1-6-21-11-13(12(2)19-21)10-20(3)17(24)18-14-7-15(22-4)9-16(8-14)23-5/h7-9,11H,6,10H2,1-5H3,(H,18,24). The van der Waals surface area contributed by atoms with Gasteiger partial charge in [-0.05, 0) is 26.1 Å². The molecule has 0 unspecified atom stereocenters. The molecule has 2 rings (SSSR count). The van der Waals surface area contributed by atoms with Gasteiger partial charge in [0.05, 0.1) is 19.9 Å². The fourth-order valence-electron chi connectivity index (χ4n) is 2.30. The number of rotatable bonds is 6. The fourth-order valence-corrected chi connectivity index (χ4v) is 2.48. The summed E-state index contributed by atoms with van der Waals surface area (Å²) in [5.41, 5.74) is 3.00. The highest BCUT2D eigenvalue weighted by atomic mass is 32.1. The number of hydrogen-bond donors (Lipinski definition) is 1. The molecule has 1 aromatic heterocycles. The van der Waals surface area contributed by atoms with Crippen LogP contribution < -0.4 is 14.8 Å². The van der Waals surface area contributed by atoms with Gasteiger partial charge in [-0.15, -0.1) is 0 Å². The molecule has 24 heavy (non-hydrogen) atoms. The van der Waals surface area contributed by atoms with Crippen LogP contribution in [-0.4, -0.2) is 41.1 Å². The molecular weight excluding hydrogens is 324 g/mol. The van der Waals surface area contributed by atoms with E-state index in [-0.39, 0.29) is 0 Å². The van der Waals surface area contributed by atoms with Crippen LogP contribution in [0.15, 0.2) is 24.4 Å². The molecule has 130 valence electrons. The van der Waals surface area contributed by atoms with Crippen LogP contribution in [0.3, 0.4) is 0 Å². The molecule has 0 bridgehead atoms. The largest absolute Gasteiger partial charge is 0.497 e. The van der Waals surface area contributed by atoms with E-state index < -0.39 is 0 Å². The van der Waals surface area contributed by atoms with Crippen molar-refractivity contribution in [2.24, 2.45) is 0 Å². The van der Waals surface area contributed by atoms with Gasteiger partial charge in [-0.2, -0.15) is 5.10 Å².